The predicted octanol–water partition coefficient (Wildman–Crippen LogP) is 11.9. The van der Waals surface area contributed by atoms with E-state index in [1.165, 1.54) is 65.7 Å². The summed E-state index contributed by atoms with van der Waals surface area (Å²) >= 11 is 0. The summed E-state index contributed by atoms with van der Waals surface area (Å²) in [5.41, 5.74) is 9.39. The van der Waals surface area contributed by atoms with Crippen LogP contribution in [0, 0.1) is 0 Å². The zero-order valence-corrected chi connectivity index (χ0v) is 23.4. The molecule has 0 radical (unpaired) electrons. The van der Waals surface area contributed by atoms with Crippen LogP contribution in [0.1, 0.15) is 5.56 Å². The molecule has 0 spiro atoms. The summed E-state index contributed by atoms with van der Waals surface area (Å²) < 4.78 is 0. The summed E-state index contributed by atoms with van der Waals surface area (Å²) in [5.74, 6) is 0. The van der Waals surface area contributed by atoms with Crippen molar-refractivity contribution in [2.45, 2.75) is 0 Å². The van der Waals surface area contributed by atoms with Gasteiger partial charge in [-0.3, -0.25) is 0 Å². The topological polar surface area (TPSA) is 0 Å². The summed E-state index contributed by atoms with van der Waals surface area (Å²) in [4.78, 5) is 0. The molecular formula is C42H30. The summed E-state index contributed by atoms with van der Waals surface area (Å²) in [6, 6.07) is 50.7. The van der Waals surface area contributed by atoms with Crippen molar-refractivity contribution in [3.8, 4) is 33.4 Å². The highest BCUT2D eigenvalue weighted by Crippen LogP contribution is 2.38. The van der Waals surface area contributed by atoms with Gasteiger partial charge in [0.15, 0.2) is 0 Å². The molecular weight excluding hydrogens is 504 g/mol. The third-order valence-electron chi connectivity index (χ3n) is 8.18. The van der Waals surface area contributed by atoms with Crippen LogP contribution in [0.5, 0.6) is 0 Å². The summed E-state index contributed by atoms with van der Waals surface area (Å²) in [6.45, 7) is 7.82. The third kappa shape index (κ3) is 4.54. The van der Waals surface area contributed by atoms with E-state index in [0.717, 1.165) is 11.1 Å². The van der Waals surface area contributed by atoms with Gasteiger partial charge < -0.3 is 0 Å². The Morgan fingerprint density at radius 3 is 1.31 bits per heavy atom. The van der Waals surface area contributed by atoms with Gasteiger partial charge in [0.2, 0.25) is 0 Å². The minimum absolute atomic E-state index is 1.06. The Balaban J connectivity index is 1.30. The van der Waals surface area contributed by atoms with Gasteiger partial charge >= 0.3 is 0 Å². The Morgan fingerprint density at radius 2 is 0.810 bits per heavy atom. The SMILES string of the molecule is C=C/C=C(\C=C)c1cccc(-c2cccc(-c3cccc(-c4ccc5c6ccccc6c6ccccc6c5c4)c3)c2)c1. The van der Waals surface area contributed by atoms with E-state index < -0.39 is 0 Å². The molecule has 0 unspecified atom stereocenters. The van der Waals surface area contributed by atoms with Crippen LogP contribution in [0.3, 0.4) is 0 Å². The van der Waals surface area contributed by atoms with Crippen molar-refractivity contribution < 1.29 is 0 Å². The van der Waals surface area contributed by atoms with E-state index in [2.05, 4.69) is 153 Å². The van der Waals surface area contributed by atoms with E-state index in [1.807, 2.05) is 12.2 Å². The number of hydrogen-bond acceptors (Lipinski definition) is 0. The van der Waals surface area contributed by atoms with Crippen molar-refractivity contribution in [3.63, 3.8) is 0 Å². The molecule has 0 atom stereocenters. The molecule has 0 fully saturated rings. The Morgan fingerprint density at radius 1 is 0.381 bits per heavy atom. The van der Waals surface area contributed by atoms with Crippen LogP contribution in [-0.4, -0.2) is 0 Å². The standard InChI is InChI=1S/C42H30/c1-3-12-29(4-2)30-13-9-14-31(25-30)32-15-10-16-33(26-32)34-17-11-18-35(27-34)36-23-24-41-39-21-6-5-19-37(39)38-20-7-8-22-40(38)42(41)28-36/h3-28H,1-2H2/b29-12+. The first-order chi connectivity index (χ1) is 20.7. The minimum Gasteiger partial charge on any atom is -0.0990 e. The number of fused-ring (bicyclic) bond motifs is 6. The molecule has 7 aromatic carbocycles. The van der Waals surface area contributed by atoms with Crippen LogP contribution in [0.25, 0.3) is 71.3 Å². The van der Waals surface area contributed by atoms with Gasteiger partial charge in [-0.05, 0) is 101 Å². The second-order valence-corrected chi connectivity index (χ2v) is 10.7. The molecule has 0 saturated carbocycles. The van der Waals surface area contributed by atoms with Crippen LogP contribution in [0.4, 0.5) is 0 Å². The number of allylic oxidation sites excluding steroid dienone is 4. The fourth-order valence-corrected chi connectivity index (χ4v) is 6.13. The molecule has 0 aliphatic carbocycles. The van der Waals surface area contributed by atoms with Crippen molar-refractivity contribution in [2.75, 3.05) is 0 Å². The quantitative estimate of drug-likeness (QED) is 0.147. The van der Waals surface area contributed by atoms with Gasteiger partial charge in [-0.25, -0.2) is 0 Å². The second-order valence-electron chi connectivity index (χ2n) is 10.7. The van der Waals surface area contributed by atoms with Crippen molar-refractivity contribution in [2.24, 2.45) is 0 Å². The summed E-state index contributed by atoms with van der Waals surface area (Å²) in [7, 11) is 0. The number of benzene rings is 7. The van der Waals surface area contributed by atoms with E-state index in [0.29, 0.717) is 0 Å². The molecule has 7 rings (SSSR count). The van der Waals surface area contributed by atoms with E-state index in [9.17, 15) is 0 Å². The maximum Gasteiger partial charge on any atom is -0.00928 e. The average Bonchev–Trinajstić information content (AvgIpc) is 3.07. The molecule has 0 bridgehead atoms. The Bertz CT molecular complexity index is 2140. The van der Waals surface area contributed by atoms with Gasteiger partial charge in [-0.1, -0.05) is 147 Å². The fourth-order valence-electron chi connectivity index (χ4n) is 6.13. The number of rotatable bonds is 6. The van der Waals surface area contributed by atoms with Crippen molar-refractivity contribution >= 4 is 37.9 Å². The van der Waals surface area contributed by atoms with Crippen LogP contribution in [0.15, 0.2) is 171 Å². The van der Waals surface area contributed by atoms with Crippen LogP contribution in [0.2, 0.25) is 0 Å². The molecule has 0 aromatic heterocycles. The molecule has 0 heterocycles. The molecule has 0 amide bonds. The van der Waals surface area contributed by atoms with Gasteiger partial charge in [-0.2, -0.15) is 0 Å². The Labute approximate surface area is 247 Å². The lowest BCUT2D eigenvalue weighted by Gasteiger charge is -2.13. The average molecular weight is 535 g/mol. The van der Waals surface area contributed by atoms with E-state index in [1.54, 1.807) is 6.08 Å². The first-order valence-electron chi connectivity index (χ1n) is 14.3. The van der Waals surface area contributed by atoms with Crippen LogP contribution in [-0.2, 0) is 0 Å². The van der Waals surface area contributed by atoms with Crippen molar-refractivity contribution in [1.29, 1.82) is 0 Å². The van der Waals surface area contributed by atoms with Crippen molar-refractivity contribution in [1.82, 2.24) is 0 Å². The molecule has 0 nitrogen and oxygen atoms in total. The van der Waals surface area contributed by atoms with E-state index in [4.69, 9.17) is 0 Å². The second kappa shape index (κ2) is 10.8. The highest BCUT2D eigenvalue weighted by Gasteiger charge is 2.10. The highest BCUT2D eigenvalue weighted by atomic mass is 14.1. The normalized spacial score (nSPS) is 11.7. The lowest BCUT2D eigenvalue weighted by atomic mass is 9.91. The summed E-state index contributed by atoms with van der Waals surface area (Å²) in [6.07, 6.45) is 5.67. The lowest BCUT2D eigenvalue weighted by Crippen LogP contribution is -1.87. The fraction of sp³-hybridized carbons (Fsp3) is 0. The molecule has 0 aliphatic rings. The maximum absolute atomic E-state index is 3.97. The highest BCUT2D eigenvalue weighted by molar-refractivity contribution is 6.25. The van der Waals surface area contributed by atoms with Crippen molar-refractivity contribution in [3.05, 3.63) is 176 Å². The molecule has 198 valence electrons. The van der Waals surface area contributed by atoms with Gasteiger partial charge in [0, 0.05) is 0 Å². The molecule has 0 N–H and O–H groups in total. The van der Waals surface area contributed by atoms with Gasteiger partial charge in [-0.15, -0.1) is 0 Å². The van der Waals surface area contributed by atoms with Gasteiger partial charge in [0.05, 0.1) is 0 Å². The molecule has 7 aromatic rings. The zero-order valence-electron chi connectivity index (χ0n) is 23.4. The Hall–Kier alpha value is -5.46. The largest absolute Gasteiger partial charge is 0.0990 e. The van der Waals surface area contributed by atoms with Gasteiger partial charge in [0.1, 0.15) is 0 Å². The van der Waals surface area contributed by atoms with E-state index in [-0.39, 0.29) is 0 Å². The first-order valence-corrected chi connectivity index (χ1v) is 14.3. The predicted molar refractivity (Wildman–Crippen MR) is 184 cm³/mol. The third-order valence-corrected chi connectivity index (χ3v) is 8.18. The maximum atomic E-state index is 3.97. The monoisotopic (exact) mass is 534 g/mol. The number of hydrogen-bond donors (Lipinski definition) is 0. The van der Waals surface area contributed by atoms with Crippen LogP contribution < -0.4 is 0 Å². The Kier molecular flexibility index (Phi) is 6.58. The lowest BCUT2D eigenvalue weighted by molar-refractivity contribution is 1.56. The van der Waals surface area contributed by atoms with E-state index >= 15 is 0 Å². The zero-order chi connectivity index (χ0) is 28.5. The molecule has 0 aliphatic heterocycles. The van der Waals surface area contributed by atoms with Crippen LogP contribution >= 0.6 is 0 Å². The smallest absolute Gasteiger partial charge is 0.00928 e. The first kappa shape index (κ1) is 25.5. The minimum atomic E-state index is 1.06. The molecule has 0 saturated heterocycles. The van der Waals surface area contributed by atoms with Gasteiger partial charge in [0.25, 0.3) is 0 Å². The molecule has 42 heavy (non-hydrogen) atoms. The summed E-state index contributed by atoms with van der Waals surface area (Å²) in [5, 5.41) is 7.78. The molecule has 0 heteroatoms.